The minimum absolute atomic E-state index is 0.202. The smallest absolute Gasteiger partial charge is 0.277 e. The number of benzene rings is 1. The van der Waals surface area contributed by atoms with Gasteiger partial charge in [0, 0.05) is 11.8 Å². The van der Waals surface area contributed by atoms with E-state index in [4.69, 9.17) is 17.3 Å². The number of amides is 1. The molecule has 82 valence electrons. The molecular weight excluding hydrogens is 230 g/mol. The predicted octanol–water partition coefficient (Wildman–Crippen LogP) is 2.16. The first-order valence-corrected chi connectivity index (χ1v) is 4.81. The van der Waals surface area contributed by atoms with Crippen LogP contribution in [0.5, 0.6) is 0 Å². The Morgan fingerprint density at radius 1 is 1.44 bits per heavy atom. The first-order chi connectivity index (χ1) is 7.66. The third kappa shape index (κ3) is 2.14. The number of anilines is 2. The first-order valence-electron chi connectivity index (χ1n) is 4.43. The molecule has 0 aliphatic rings. The lowest BCUT2D eigenvalue weighted by atomic mass is 10.2. The normalized spacial score (nSPS) is 10.1. The molecule has 0 saturated heterocycles. The maximum Gasteiger partial charge on any atom is 0.277 e. The van der Waals surface area contributed by atoms with Gasteiger partial charge in [0.25, 0.3) is 5.91 Å². The van der Waals surface area contributed by atoms with E-state index >= 15 is 0 Å². The van der Waals surface area contributed by atoms with Gasteiger partial charge in [-0.3, -0.25) is 4.79 Å². The van der Waals surface area contributed by atoms with Crippen LogP contribution in [0.1, 0.15) is 10.5 Å². The molecular formula is C10H8ClN3O2. The van der Waals surface area contributed by atoms with E-state index in [0.29, 0.717) is 16.4 Å². The fourth-order valence-electron chi connectivity index (χ4n) is 1.15. The van der Waals surface area contributed by atoms with Crippen molar-refractivity contribution in [1.82, 2.24) is 5.16 Å². The zero-order valence-corrected chi connectivity index (χ0v) is 8.86. The van der Waals surface area contributed by atoms with E-state index in [1.54, 1.807) is 18.2 Å². The zero-order chi connectivity index (χ0) is 11.5. The van der Waals surface area contributed by atoms with Gasteiger partial charge in [-0.2, -0.15) is 0 Å². The molecule has 0 radical (unpaired) electrons. The molecule has 6 heteroatoms. The number of nitrogens with two attached hydrogens (primary N) is 1. The van der Waals surface area contributed by atoms with Crippen molar-refractivity contribution in [2.45, 2.75) is 0 Å². The summed E-state index contributed by atoms with van der Waals surface area (Å²) < 4.78 is 4.56. The highest BCUT2D eigenvalue weighted by molar-refractivity contribution is 6.33. The second-order valence-corrected chi connectivity index (χ2v) is 3.48. The number of nitrogens with zero attached hydrogens (tertiary/aromatic N) is 1. The highest BCUT2D eigenvalue weighted by Gasteiger charge is 2.09. The molecule has 0 unspecified atom stereocenters. The molecule has 0 saturated carbocycles. The number of nitrogens with one attached hydrogen (secondary N) is 1. The van der Waals surface area contributed by atoms with Gasteiger partial charge >= 0.3 is 0 Å². The third-order valence-corrected chi connectivity index (χ3v) is 2.27. The Kier molecular flexibility index (Phi) is 2.78. The zero-order valence-electron chi connectivity index (χ0n) is 8.11. The molecule has 16 heavy (non-hydrogen) atoms. The van der Waals surface area contributed by atoms with Gasteiger partial charge in [0.2, 0.25) is 0 Å². The molecule has 1 aromatic carbocycles. The Bertz CT molecular complexity index is 511. The summed E-state index contributed by atoms with van der Waals surface area (Å²) in [5, 5.41) is 6.56. The van der Waals surface area contributed by atoms with Crippen molar-refractivity contribution in [3.05, 3.63) is 41.2 Å². The van der Waals surface area contributed by atoms with Gasteiger partial charge < -0.3 is 15.6 Å². The fourth-order valence-corrected chi connectivity index (χ4v) is 1.26. The van der Waals surface area contributed by atoms with Gasteiger partial charge in [-0.25, -0.2) is 0 Å². The van der Waals surface area contributed by atoms with Crippen LogP contribution >= 0.6 is 11.6 Å². The topological polar surface area (TPSA) is 81.1 Å². The second-order valence-electron chi connectivity index (χ2n) is 3.08. The summed E-state index contributed by atoms with van der Waals surface area (Å²) in [5.74, 6) is -0.365. The molecule has 0 spiro atoms. The van der Waals surface area contributed by atoms with E-state index in [2.05, 4.69) is 15.0 Å². The van der Waals surface area contributed by atoms with E-state index in [-0.39, 0.29) is 11.6 Å². The summed E-state index contributed by atoms with van der Waals surface area (Å²) in [6.07, 6.45) is 1.32. The van der Waals surface area contributed by atoms with Gasteiger partial charge in [-0.15, -0.1) is 0 Å². The van der Waals surface area contributed by atoms with Gasteiger partial charge in [0.15, 0.2) is 5.69 Å². The summed E-state index contributed by atoms with van der Waals surface area (Å²) in [5.41, 5.74) is 6.75. The molecule has 2 aromatic rings. The highest BCUT2D eigenvalue weighted by Crippen LogP contribution is 2.22. The lowest BCUT2D eigenvalue weighted by Gasteiger charge is -2.04. The SMILES string of the molecule is Nc1cc(NC(=O)c2ccon2)ccc1Cl. The number of rotatable bonds is 2. The number of carbonyl (C=O) groups is 1. The molecule has 0 atom stereocenters. The lowest BCUT2D eigenvalue weighted by Crippen LogP contribution is -2.12. The number of carbonyl (C=O) groups excluding carboxylic acids is 1. The summed E-state index contributed by atoms with van der Waals surface area (Å²) in [7, 11) is 0. The lowest BCUT2D eigenvalue weighted by molar-refractivity contribution is 0.101. The van der Waals surface area contributed by atoms with Crippen molar-refractivity contribution in [2.24, 2.45) is 0 Å². The molecule has 0 bridgehead atoms. The molecule has 0 aliphatic heterocycles. The minimum Gasteiger partial charge on any atom is -0.397 e. The first kappa shape index (κ1) is 10.5. The molecule has 5 nitrogen and oxygen atoms in total. The van der Waals surface area contributed by atoms with Gasteiger partial charge in [-0.1, -0.05) is 16.8 Å². The second kappa shape index (κ2) is 4.24. The molecule has 1 amide bonds. The molecule has 1 heterocycles. The standard InChI is InChI=1S/C10H8ClN3O2/c11-7-2-1-6(5-8(7)12)13-10(15)9-3-4-16-14-9/h1-5H,12H2,(H,13,15). The molecule has 2 rings (SSSR count). The minimum atomic E-state index is -0.365. The maximum absolute atomic E-state index is 11.6. The van der Waals surface area contributed by atoms with Gasteiger partial charge in [0.1, 0.15) is 6.26 Å². The Balaban J connectivity index is 2.15. The molecule has 3 N–H and O–H groups in total. The van der Waals surface area contributed by atoms with E-state index in [1.807, 2.05) is 0 Å². The monoisotopic (exact) mass is 237 g/mol. The number of halogens is 1. The van der Waals surface area contributed by atoms with Gasteiger partial charge in [0.05, 0.1) is 10.7 Å². The number of hydrogen-bond donors (Lipinski definition) is 2. The van der Waals surface area contributed by atoms with E-state index in [0.717, 1.165) is 0 Å². The Morgan fingerprint density at radius 3 is 2.88 bits per heavy atom. The van der Waals surface area contributed by atoms with Crippen LogP contribution in [0.3, 0.4) is 0 Å². The number of hydrogen-bond acceptors (Lipinski definition) is 4. The van der Waals surface area contributed by atoms with Crippen LogP contribution < -0.4 is 11.1 Å². The number of aromatic nitrogens is 1. The van der Waals surface area contributed by atoms with Crippen molar-refractivity contribution in [1.29, 1.82) is 0 Å². The summed E-state index contributed by atoms with van der Waals surface area (Å²) in [4.78, 5) is 11.6. The molecule has 1 aromatic heterocycles. The van der Waals surface area contributed by atoms with E-state index in [1.165, 1.54) is 12.3 Å². The summed E-state index contributed by atoms with van der Waals surface area (Å²) in [6, 6.07) is 6.29. The Labute approximate surface area is 96.2 Å². The highest BCUT2D eigenvalue weighted by atomic mass is 35.5. The van der Waals surface area contributed by atoms with E-state index < -0.39 is 0 Å². The van der Waals surface area contributed by atoms with Crippen molar-refractivity contribution in [3.8, 4) is 0 Å². The quantitative estimate of drug-likeness (QED) is 0.785. The number of nitrogen functional groups attached to an aromatic ring is 1. The summed E-state index contributed by atoms with van der Waals surface area (Å²) in [6.45, 7) is 0. The van der Waals surface area contributed by atoms with Gasteiger partial charge in [-0.05, 0) is 18.2 Å². The fraction of sp³-hybridized carbons (Fsp3) is 0. The largest absolute Gasteiger partial charge is 0.397 e. The van der Waals surface area contributed by atoms with Crippen LogP contribution in [0.2, 0.25) is 5.02 Å². The van der Waals surface area contributed by atoms with Crippen LogP contribution in [0.15, 0.2) is 35.1 Å². The predicted molar refractivity (Wildman–Crippen MR) is 60.3 cm³/mol. The van der Waals surface area contributed by atoms with Crippen LogP contribution in [-0.4, -0.2) is 11.1 Å². The maximum atomic E-state index is 11.6. The van der Waals surface area contributed by atoms with Crippen molar-refractivity contribution in [2.75, 3.05) is 11.1 Å². The molecule has 0 fully saturated rings. The Hall–Kier alpha value is -2.01. The average Bonchev–Trinajstić information content (AvgIpc) is 2.77. The van der Waals surface area contributed by atoms with E-state index in [9.17, 15) is 4.79 Å². The third-order valence-electron chi connectivity index (χ3n) is 1.92. The van der Waals surface area contributed by atoms with Crippen LogP contribution in [0, 0.1) is 0 Å². The van der Waals surface area contributed by atoms with Crippen molar-refractivity contribution < 1.29 is 9.32 Å². The van der Waals surface area contributed by atoms with Crippen LogP contribution in [-0.2, 0) is 0 Å². The van der Waals surface area contributed by atoms with Crippen molar-refractivity contribution >= 4 is 28.9 Å². The van der Waals surface area contributed by atoms with Crippen molar-refractivity contribution in [3.63, 3.8) is 0 Å². The summed E-state index contributed by atoms with van der Waals surface area (Å²) >= 11 is 5.75. The average molecular weight is 238 g/mol. The molecule has 0 aliphatic carbocycles. The van der Waals surface area contributed by atoms with Crippen LogP contribution in [0.4, 0.5) is 11.4 Å². The van der Waals surface area contributed by atoms with Crippen LogP contribution in [0.25, 0.3) is 0 Å². The Morgan fingerprint density at radius 2 is 2.25 bits per heavy atom.